The molecule has 0 radical (unpaired) electrons. The Morgan fingerprint density at radius 3 is 0.702 bits per heavy atom. The molecule has 4 aromatic carbocycles. The van der Waals surface area contributed by atoms with Crippen molar-refractivity contribution in [3.8, 4) is 23.0 Å². The van der Waals surface area contributed by atoms with Crippen LogP contribution in [0.3, 0.4) is 0 Å². The summed E-state index contributed by atoms with van der Waals surface area (Å²) in [5, 5.41) is 0. The Morgan fingerprint density at radius 2 is 0.596 bits per heavy atom. The van der Waals surface area contributed by atoms with Gasteiger partial charge in [0.05, 0.1) is 28.4 Å². The molecule has 260 valence electrons. The van der Waals surface area contributed by atoms with E-state index in [0.29, 0.717) is 0 Å². The quantitative estimate of drug-likeness (QED) is 0.162. The third-order valence-electron chi connectivity index (χ3n) is 7.23. The average molecular weight is 646 g/mol. The van der Waals surface area contributed by atoms with E-state index in [-0.39, 0.29) is 0 Å². The van der Waals surface area contributed by atoms with E-state index in [1.165, 1.54) is 41.6 Å². The summed E-state index contributed by atoms with van der Waals surface area (Å²) in [7, 11) is 10.9. The Bertz CT molecular complexity index is 954. The Labute approximate surface area is 287 Å². The smallest absolute Gasteiger partial charge is 0.118 e. The zero-order chi connectivity index (χ0) is 35.3. The van der Waals surface area contributed by atoms with Crippen molar-refractivity contribution in [2.24, 2.45) is 0 Å². The van der Waals surface area contributed by atoms with Crippen molar-refractivity contribution in [3.05, 3.63) is 119 Å². The van der Waals surface area contributed by atoms with Gasteiger partial charge in [0.2, 0.25) is 0 Å². The van der Waals surface area contributed by atoms with Crippen LogP contribution in [0.1, 0.15) is 69.7 Å². The van der Waals surface area contributed by atoms with Crippen LogP contribution in [0.5, 0.6) is 23.0 Å². The molecule has 0 heterocycles. The van der Waals surface area contributed by atoms with Crippen molar-refractivity contribution in [2.45, 2.75) is 73.1 Å². The molecule has 0 unspecified atom stereocenters. The molecule has 0 spiro atoms. The van der Waals surface area contributed by atoms with Gasteiger partial charge in [-0.25, -0.2) is 0 Å². The van der Waals surface area contributed by atoms with Crippen LogP contribution < -0.4 is 18.9 Å². The molecule has 4 rings (SSSR count). The van der Waals surface area contributed by atoms with Gasteiger partial charge in [-0.05, 0) is 124 Å². The molecule has 0 bridgehead atoms. The van der Waals surface area contributed by atoms with Gasteiger partial charge in [0.25, 0.3) is 0 Å². The van der Waals surface area contributed by atoms with Gasteiger partial charge in [0, 0.05) is 0 Å². The summed E-state index contributed by atoms with van der Waals surface area (Å²) in [5.74, 6) is 3.71. The first-order valence-corrected chi connectivity index (χ1v) is 16.9. The maximum Gasteiger partial charge on any atom is 0.118 e. The minimum atomic E-state index is 0.928. The number of methoxy groups -OCH3 is 4. The van der Waals surface area contributed by atoms with Gasteiger partial charge in [-0.3, -0.25) is 0 Å². The molecule has 0 aliphatic carbocycles. The summed E-state index contributed by atoms with van der Waals surface area (Å²) in [6.07, 6.45) is 6.98. The van der Waals surface area contributed by atoms with Crippen LogP contribution in [0.2, 0.25) is 0 Å². The van der Waals surface area contributed by atoms with Crippen LogP contribution in [0.25, 0.3) is 0 Å². The first kappa shape index (κ1) is 43.0. The number of hydrogen-bond acceptors (Lipinski definition) is 5. The number of aryl methyl sites for hydroxylation is 4. The number of nitrogens with zero attached hydrogens (tertiary/aromatic N) is 1. The highest BCUT2D eigenvalue weighted by atomic mass is 16.5. The molecular weight excluding hydrogens is 582 g/mol. The molecule has 4 aromatic rings. The predicted octanol–water partition coefficient (Wildman–Crippen LogP) is 10.4. The number of ether oxygens (including phenoxy) is 4. The van der Waals surface area contributed by atoms with E-state index in [1.807, 2.05) is 48.5 Å². The predicted molar refractivity (Wildman–Crippen MR) is 203 cm³/mol. The molecule has 0 aromatic heterocycles. The summed E-state index contributed by atoms with van der Waals surface area (Å²) < 4.78 is 20.1. The number of benzene rings is 4. The van der Waals surface area contributed by atoms with Gasteiger partial charge >= 0.3 is 0 Å². The van der Waals surface area contributed by atoms with Crippen LogP contribution in [-0.2, 0) is 25.7 Å². The number of unbranched alkanes of at least 4 members (excludes halogenated alkanes) is 1. The van der Waals surface area contributed by atoms with Crippen LogP contribution in [-0.4, -0.2) is 54.0 Å². The second kappa shape index (κ2) is 28.3. The monoisotopic (exact) mass is 645 g/mol. The SMILES string of the molecule is CCCCN(C)C.CCc1ccc(OC)cc1.CCc1ccc(OC)cc1.CCc1ccc(OC)cc1.CCc1ccc(OC)cc1. The molecule has 47 heavy (non-hydrogen) atoms. The van der Waals surface area contributed by atoms with Crippen LogP contribution in [0, 0.1) is 0 Å². The van der Waals surface area contributed by atoms with E-state index < -0.39 is 0 Å². The summed E-state index contributed by atoms with van der Waals surface area (Å²) in [4.78, 5) is 2.21. The fourth-order valence-electron chi connectivity index (χ4n) is 3.92. The van der Waals surface area contributed by atoms with Gasteiger partial charge in [-0.2, -0.15) is 0 Å². The average Bonchev–Trinajstić information content (AvgIpc) is 3.15. The summed E-state index contributed by atoms with van der Waals surface area (Å²) in [5.41, 5.74) is 5.39. The first-order valence-electron chi connectivity index (χ1n) is 16.9. The lowest BCUT2D eigenvalue weighted by atomic mass is 10.2. The maximum atomic E-state index is 5.01. The molecule has 0 N–H and O–H groups in total. The largest absolute Gasteiger partial charge is 0.497 e. The van der Waals surface area contributed by atoms with Crippen molar-refractivity contribution >= 4 is 0 Å². The lowest BCUT2D eigenvalue weighted by molar-refractivity contribution is 0.398. The van der Waals surface area contributed by atoms with Crippen molar-refractivity contribution in [1.82, 2.24) is 4.90 Å². The Kier molecular flexibility index (Phi) is 25.9. The lowest BCUT2D eigenvalue weighted by Crippen LogP contribution is -2.12. The normalized spacial score (nSPS) is 9.53. The summed E-state index contributed by atoms with van der Waals surface area (Å²) >= 11 is 0. The van der Waals surface area contributed by atoms with Crippen LogP contribution in [0.15, 0.2) is 97.1 Å². The third kappa shape index (κ3) is 21.5. The second-order valence-electron chi connectivity index (χ2n) is 11.0. The second-order valence-corrected chi connectivity index (χ2v) is 11.0. The molecule has 0 aliphatic heterocycles. The molecule has 0 fully saturated rings. The highest BCUT2D eigenvalue weighted by molar-refractivity contribution is 5.29. The molecule has 0 saturated carbocycles. The van der Waals surface area contributed by atoms with Crippen molar-refractivity contribution in [1.29, 1.82) is 0 Å². The Balaban J connectivity index is 0.000000566. The topological polar surface area (TPSA) is 40.2 Å². The van der Waals surface area contributed by atoms with Gasteiger partial charge in [0.1, 0.15) is 23.0 Å². The van der Waals surface area contributed by atoms with Crippen molar-refractivity contribution in [3.63, 3.8) is 0 Å². The molecule has 0 aliphatic rings. The molecular formula is C42H63NO4. The highest BCUT2D eigenvalue weighted by Crippen LogP contribution is 2.13. The zero-order valence-corrected chi connectivity index (χ0v) is 31.3. The number of rotatable bonds is 11. The minimum Gasteiger partial charge on any atom is -0.497 e. The molecule has 0 atom stereocenters. The van der Waals surface area contributed by atoms with Crippen LogP contribution >= 0.6 is 0 Å². The maximum absolute atomic E-state index is 5.01. The van der Waals surface area contributed by atoms with Gasteiger partial charge in [0.15, 0.2) is 0 Å². The first-order chi connectivity index (χ1) is 22.7. The standard InChI is InChI=1S/4C9H12O.C6H15N/c4*1-3-8-4-6-9(10-2)7-5-8;1-4-5-6-7(2)3/h4*4-7H,3H2,1-2H3;4-6H2,1-3H3. The third-order valence-corrected chi connectivity index (χ3v) is 7.23. The highest BCUT2D eigenvalue weighted by Gasteiger charge is 1.92. The van der Waals surface area contributed by atoms with Gasteiger partial charge < -0.3 is 23.8 Å². The van der Waals surface area contributed by atoms with E-state index in [4.69, 9.17) is 18.9 Å². The van der Waals surface area contributed by atoms with E-state index in [1.54, 1.807) is 28.4 Å². The van der Waals surface area contributed by atoms with Gasteiger partial charge in [-0.15, -0.1) is 0 Å². The van der Waals surface area contributed by atoms with Gasteiger partial charge in [-0.1, -0.05) is 89.6 Å². The summed E-state index contributed by atoms with van der Waals surface area (Å²) in [6, 6.07) is 32.5. The van der Waals surface area contributed by atoms with Crippen LogP contribution in [0.4, 0.5) is 0 Å². The Morgan fingerprint density at radius 1 is 0.383 bits per heavy atom. The molecule has 5 heteroatoms. The fourth-order valence-corrected chi connectivity index (χ4v) is 3.92. The van der Waals surface area contributed by atoms with E-state index in [0.717, 1.165) is 48.7 Å². The van der Waals surface area contributed by atoms with E-state index in [2.05, 4.69) is 102 Å². The lowest BCUT2D eigenvalue weighted by Gasteiger charge is -2.05. The van der Waals surface area contributed by atoms with E-state index >= 15 is 0 Å². The summed E-state index contributed by atoms with van der Waals surface area (Å²) in [6.45, 7) is 12.0. The minimum absolute atomic E-state index is 0.928. The molecule has 0 amide bonds. The number of hydrogen-bond donors (Lipinski definition) is 0. The Hall–Kier alpha value is -3.96. The fraction of sp³-hybridized carbons (Fsp3) is 0.429. The molecule has 0 saturated heterocycles. The van der Waals surface area contributed by atoms with Crippen molar-refractivity contribution in [2.75, 3.05) is 49.1 Å². The molecule has 5 nitrogen and oxygen atoms in total. The zero-order valence-electron chi connectivity index (χ0n) is 31.3. The van der Waals surface area contributed by atoms with E-state index in [9.17, 15) is 0 Å². The van der Waals surface area contributed by atoms with Crippen molar-refractivity contribution < 1.29 is 18.9 Å².